The Bertz CT molecular complexity index is 442. The number of aromatic nitrogens is 2. The zero-order chi connectivity index (χ0) is 14.9. The molecule has 1 fully saturated rings. The summed E-state index contributed by atoms with van der Waals surface area (Å²) in [6.07, 6.45) is 6.24. The maximum atomic E-state index is 4.66. The van der Waals surface area contributed by atoms with Gasteiger partial charge in [-0.1, -0.05) is 47.5 Å². The van der Waals surface area contributed by atoms with Crippen LogP contribution in [0.25, 0.3) is 0 Å². The molecule has 0 aromatic carbocycles. The van der Waals surface area contributed by atoms with Crippen LogP contribution in [0.5, 0.6) is 0 Å². The van der Waals surface area contributed by atoms with Crippen LogP contribution in [0.15, 0.2) is 6.20 Å². The van der Waals surface area contributed by atoms with Gasteiger partial charge in [-0.2, -0.15) is 5.10 Å². The van der Waals surface area contributed by atoms with Crippen molar-refractivity contribution >= 4 is 0 Å². The van der Waals surface area contributed by atoms with Crippen LogP contribution in [0.4, 0.5) is 0 Å². The molecule has 0 amide bonds. The van der Waals surface area contributed by atoms with E-state index in [9.17, 15) is 0 Å². The summed E-state index contributed by atoms with van der Waals surface area (Å²) in [6.45, 7) is 12.5. The highest BCUT2D eigenvalue weighted by molar-refractivity contribution is 5.24. The molecule has 0 saturated heterocycles. The lowest BCUT2D eigenvalue weighted by Gasteiger charge is -2.35. The largest absolute Gasteiger partial charge is 0.310 e. The molecule has 0 radical (unpaired) electrons. The summed E-state index contributed by atoms with van der Waals surface area (Å²) in [5.41, 5.74) is 2.69. The molecule has 1 aliphatic rings. The smallest absolute Gasteiger partial charge is 0.0722 e. The van der Waals surface area contributed by atoms with Crippen molar-refractivity contribution in [1.82, 2.24) is 15.1 Å². The molecule has 1 aromatic rings. The van der Waals surface area contributed by atoms with E-state index >= 15 is 0 Å². The highest BCUT2D eigenvalue weighted by Gasteiger charge is 2.27. The molecule has 3 unspecified atom stereocenters. The Morgan fingerprint density at radius 1 is 1.30 bits per heavy atom. The summed E-state index contributed by atoms with van der Waals surface area (Å²) in [5.74, 6) is 1.62. The van der Waals surface area contributed by atoms with E-state index in [1.807, 2.05) is 11.7 Å². The van der Waals surface area contributed by atoms with Gasteiger partial charge in [-0.05, 0) is 18.3 Å². The predicted octanol–water partition coefficient (Wildman–Crippen LogP) is 3.63. The normalized spacial score (nSPS) is 27.8. The molecule has 2 rings (SSSR count). The standard InChI is InChI=1S/C17H31N3/c1-12-8-7-9-15(13(12)2)18-10-14-11-20(6)19-16(14)17(3,4)5/h11-13,15,18H,7-10H2,1-6H3. The number of nitrogens with zero attached hydrogens (tertiary/aromatic N) is 2. The maximum absolute atomic E-state index is 4.66. The van der Waals surface area contributed by atoms with Crippen LogP contribution < -0.4 is 5.32 Å². The first-order valence-corrected chi connectivity index (χ1v) is 8.05. The third kappa shape index (κ3) is 3.43. The summed E-state index contributed by atoms with van der Waals surface area (Å²) >= 11 is 0. The third-order valence-electron chi connectivity index (χ3n) is 4.88. The lowest BCUT2D eigenvalue weighted by Crippen LogP contribution is -2.40. The molecule has 1 N–H and O–H groups in total. The summed E-state index contributed by atoms with van der Waals surface area (Å²) in [5, 5.41) is 8.45. The Kier molecular flexibility index (Phi) is 4.58. The second-order valence-corrected chi connectivity index (χ2v) is 7.68. The van der Waals surface area contributed by atoms with E-state index in [0.29, 0.717) is 6.04 Å². The molecule has 20 heavy (non-hydrogen) atoms. The Hall–Kier alpha value is -0.830. The number of rotatable bonds is 3. The van der Waals surface area contributed by atoms with Gasteiger partial charge >= 0.3 is 0 Å². The molecule has 1 aliphatic carbocycles. The topological polar surface area (TPSA) is 29.9 Å². The van der Waals surface area contributed by atoms with Gasteiger partial charge in [-0.3, -0.25) is 4.68 Å². The van der Waals surface area contributed by atoms with Gasteiger partial charge in [0.2, 0.25) is 0 Å². The van der Waals surface area contributed by atoms with E-state index in [4.69, 9.17) is 0 Å². The van der Waals surface area contributed by atoms with Gasteiger partial charge in [0.25, 0.3) is 0 Å². The Labute approximate surface area is 124 Å². The lowest BCUT2D eigenvalue weighted by molar-refractivity contribution is 0.205. The average molecular weight is 277 g/mol. The predicted molar refractivity (Wildman–Crippen MR) is 84.7 cm³/mol. The minimum absolute atomic E-state index is 0.115. The average Bonchev–Trinajstić information content (AvgIpc) is 2.72. The fourth-order valence-electron chi connectivity index (χ4n) is 3.41. The molecular formula is C17H31N3. The minimum Gasteiger partial charge on any atom is -0.310 e. The van der Waals surface area contributed by atoms with Crippen molar-refractivity contribution in [2.75, 3.05) is 0 Å². The first-order chi connectivity index (χ1) is 9.29. The van der Waals surface area contributed by atoms with Crippen LogP contribution in [-0.2, 0) is 19.0 Å². The van der Waals surface area contributed by atoms with E-state index < -0.39 is 0 Å². The van der Waals surface area contributed by atoms with Crippen molar-refractivity contribution in [3.63, 3.8) is 0 Å². The zero-order valence-corrected chi connectivity index (χ0v) is 14.0. The van der Waals surface area contributed by atoms with Crippen molar-refractivity contribution in [3.8, 4) is 0 Å². The van der Waals surface area contributed by atoms with Crippen LogP contribution in [0.2, 0.25) is 0 Å². The van der Waals surface area contributed by atoms with Crippen molar-refractivity contribution in [2.24, 2.45) is 18.9 Å². The highest BCUT2D eigenvalue weighted by Crippen LogP contribution is 2.30. The van der Waals surface area contributed by atoms with E-state index in [0.717, 1.165) is 18.4 Å². The number of aryl methyl sites for hydroxylation is 1. The maximum Gasteiger partial charge on any atom is 0.0722 e. The lowest BCUT2D eigenvalue weighted by atomic mass is 9.78. The molecule has 3 nitrogen and oxygen atoms in total. The monoisotopic (exact) mass is 277 g/mol. The second kappa shape index (κ2) is 5.88. The quantitative estimate of drug-likeness (QED) is 0.914. The van der Waals surface area contributed by atoms with Gasteiger partial charge < -0.3 is 5.32 Å². The Morgan fingerprint density at radius 3 is 2.65 bits per heavy atom. The molecule has 114 valence electrons. The summed E-state index contributed by atoms with van der Waals surface area (Å²) < 4.78 is 1.95. The van der Waals surface area contributed by atoms with Gasteiger partial charge in [0, 0.05) is 36.8 Å². The fourth-order valence-corrected chi connectivity index (χ4v) is 3.41. The molecular weight excluding hydrogens is 246 g/mol. The Morgan fingerprint density at radius 2 is 2.00 bits per heavy atom. The van der Waals surface area contributed by atoms with Crippen LogP contribution in [-0.4, -0.2) is 15.8 Å². The zero-order valence-electron chi connectivity index (χ0n) is 14.0. The van der Waals surface area contributed by atoms with E-state index in [2.05, 4.69) is 51.2 Å². The SMILES string of the molecule is CC1CCCC(NCc2cn(C)nc2C(C)(C)C)C1C. The fraction of sp³-hybridized carbons (Fsp3) is 0.824. The van der Waals surface area contributed by atoms with Gasteiger partial charge in [0.1, 0.15) is 0 Å². The van der Waals surface area contributed by atoms with Crippen LogP contribution in [0, 0.1) is 11.8 Å². The van der Waals surface area contributed by atoms with Crippen molar-refractivity contribution in [1.29, 1.82) is 0 Å². The Balaban J connectivity index is 2.04. The van der Waals surface area contributed by atoms with Gasteiger partial charge in [-0.25, -0.2) is 0 Å². The van der Waals surface area contributed by atoms with Crippen molar-refractivity contribution in [3.05, 3.63) is 17.5 Å². The third-order valence-corrected chi connectivity index (χ3v) is 4.88. The number of hydrogen-bond donors (Lipinski definition) is 1. The summed E-state index contributed by atoms with van der Waals surface area (Å²) in [6, 6.07) is 0.659. The number of nitrogens with one attached hydrogen (secondary N) is 1. The van der Waals surface area contributed by atoms with Crippen molar-refractivity contribution < 1.29 is 0 Å². The molecule has 1 saturated carbocycles. The summed E-state index contributed by atoms with van der Waals surface area (Å²) in [7, 11) is 2.02. The van der Waals surface area contributed by atoms with E-state index in [1.165, 1.54) is 30.5 Å². The molecule has 0 aliphatic heterocycles. The van der Waals surface area contributed by atoms with Crippen molar-refractivity contribution in [2.45, 2.75) is 71.9 Å². The van der Waals surface area contributed by atoms with Crippen LogP contribution in [0.1, 0.15) is 65.1 Å². The van der Waals surface area contributed by atoms with Gasteiger partial charge in [0.05, 0.1) is 5.69 Å². The highest BCUT2D eigenvalue weighted by atomic mass is 15.3. The van der Waals surface area contributed by atoms with E-state index in [-0.39, 0.29) is 5.41 Å². The first kappa shape index (κ1) is 15.6. The number of hydrogen-bond acceptors (Lipinski definition) is 2. The first-order valence-electron chi connectivity index (χ1n) is 8.05. The van der Waals surface area contributed by atoms with Crippen LogP contribution in [0.3, 0.4) is 0 Å². The second-order valence-electron chi connectivity index (χ2n) is 7.68. The van der Waals surface area contributed by atoms with Gasteiger partial charge in [0.15, 0.2) is 0 Å². The molecule has 0 spiro atoms. The van der Waals surface area contributed by atoms with Crippen LogP contribution >= 0.6 is 0 Å². The molecule has 1 aromatic heterocycles. The molecule has 1 heterocycles. The van der Waals surface area contributed by atoms with Gasteiger partial charge in [-0.15, -0.1) is 0 Å². The van der Waals surface area contributed by atoms with E-state index in [1.54, 1.807) is 0 Å². The summed E-state index contributed by atoms with van der Waals surface area (Å²) in [4.78, 5) is 0. The molecule has 3 heteroatoms. The molecule has 3 atom stereocenters. The molecule has 0 bridgehead atoms. The minimum atomic E-state index is 0.115.